The van der Waals surface area contributed by atoms with Gasteiger partial charge in [-0.2, -0.15) is 0 Å². The molecule has 0 saturated carbocycles. The molecule has 2 saturated heterocycles. The fourth-order valence-corrected chi connectivity index (χ4v) is 4.41. The van der Waals surface area contributed by atoms with Gasteiger partial charge >= 0.3 is 0 Å². The van der Waals surface area contributed by atoms with E-state index in [0.717, 1.165) is 15.3 Å². The van der Waals surface area contributed by atoms with Gasteiger partial charge in [0.05, 0.1) is 4.88 Å². The second-order valence-electron chi connectivity index (χ2n) is 6.94. The van der Waals surface area contributed by atoms with Crippen molar-refractivity contribution < 1.29 is 9.59 Å². The van der Waals surface area contributed by atoms with Crippen molar-refractivity contribution in [2.24, 2.45) is 0 Å². The molecule has 4 heterocycles. The van der Waals surface area contributed by atoms with Crippen LogP contribution in [0.5, 0.6) is 0 Å². The molecular weight excluding hydrogens is 362 g/mol. The lowest BCUT2D eigenvalue weighted by atomic mass is 10.0. The summed E-state index contributed by atoms with van der Waals surface area (Å²) in [6.07, 6.45) is 4.26. The topological polar surface area (TPSA) is 77.6 Å². The van der Waals surface area contributed by atoms with Gasteiger partial charge in [-0.15, -0.1) is 11.3 Å². The van der Waals surface area contributed by atoms with E-state index >= 15 is 0 Å². The summed E-state index contributed by atoms with van der Waals surface area (Å²) >= 11 is 1.52. The summed E-state index contributed by atoms with van der Waals surface area (Å²) in [6, 6.07) is 7.59. The van der Waals surface area contributed by atoms with E-state index in [1.54, 1.807) is 6.20 Å². The summed E-state index contributed by atoms with van der Waals surface area (Å²) in [5.74, 6) is 0.158. The van der Waals surface area contributed by atoms with Crippen LogP contribution in [0.15, 0.2) is 36.7 Å². The number of aromatic nitrogens is 1. The number of piperazine rings is 1. The van der Waals surface area contributed by atoms with Crippen molar-refractivity contribution in [3.05, 3.63) is 52.0 Å². The van der Waals surface area contributed by atoms with E-state index in [0.29, 0.717) is 32.6 Å². The van der Waals surface area contributed by atoms with Gasteiger partial charge in [0.1, 0.15) is 6.04 Å². The number of aryl methyl sites for hydroxylation is 1. The average molecular weight is 385 g/mol. The van der Waals surface area contributed by atoms with Crippen LogP contribution in [-0.4, -0.2) is 58.8 Å². The number of rotatable bonds is 3. The highest BCUT2D eigenvalue weighted by molar-refractivity contribution is 7.13. The third-order valence-electron chi connectivity index (χ3n) is 5.12. The van der Waals surface area contributed by atoms with Crippen molar-refractivity contribution in [3.8, 4) is 0 Å². The first-order valence-corrected chi connectivity index (χ1v) is 9.99. The van der Waals surface area contributed by atoms with Gasteiger partial charge in [-0.05, 0) is 37.1 Å². The first-order chi connectivity index (χ1) is 13.1. The van der Waals surface area contributed by atoms with E-state index in [1.165, 1.54) is 11.3 Å². The molecule has 0 radical (unpaired) electrons. The molecule has 8 heteroatoms. The number of amides is 2. The Labute approximate surface area is 162 Å². The summed E-state index contributed by atoms with van der Waals surface area (Å²) in [6.45, 7) is 4.30. The summed E-state index contributed by atoms with van der Waals surface area (Å²) < 4.78 is 0. The van der Waals surface area contributed by atoms with Gasteiger partial charge in [-0.3, -0.25) is 14.6 Å². The first-order valence-electron chi connectivity index (χ1n) is 9.17. The zero-order valence-corrected chi connectivity index (χ0v) is 16.0. The number of hydrogen-bond donors (Lipinski definition) is 2. The van der Waals surface area contributed by atoms with E-state index in [2.05, 4.69) is 15.8 Å². The van der Waals surface area contributed by atoms with Crippen LogP contribution < -0.4 is 10.9 Å². The van der Waals surface area contributed by atoms with Crippen LogP contribution in [-0.2, 0) is 4.79 Å². The van der Waals surface area contributed by atoms with E-state index in [1.807, 2.05) is 47.2 Å². The highest BCUT2D eigenvalue weighted by atomic mass is 32.1. The Morgan fingerprint density at radius 3 is 2.56 bits per heavy atom. The molecule has 2 atom stereocenters. The molecule has 0 spiro atoms. The van der Waals surface area contributed by atoms with Crippen molar-refractivity contribution in [2.45, 2.75) is 25.4 Å². The Morgan fingerprint density at radius 1 is 1.11 bits per heavy atom. The number of hydrazine groups is 1. The number of nitrogens with zero attached hydrogens (tertiary/aromatic N) is 3. The Morgan fingerprint density at radius 2 is 1.89 bits per heavy atom. The summed E-state index contributed by atoms with van der Waals surface area (Å²) in [7, 11) is 0. The van der Waals surface area contributed by atoms with Gasteiger partial charge in [0.15, 0.2) is 0 Å². The molecule has 7 nitrogen and oxygen atoms in total. The van der Waals surface area contributed by atoms with Gasteiger partial charge in [0.25, 0.3) is 5.91 Å². The Bertz CT molecular complexity index is 817. The maximum atomic E-state index is 12.8. The van der Waals surface area contributed by atoms with Crippen molar-refractivity contribution in [1.82, 2.24) is 25.6 Å². The van der Waals surface area contributed by atoms with Crippen molar-refractivity contribution in [2.75, 3.05) is 26.2 Å². The second kappa shape index (κ2) is 7.75. The predicted molar refractivity (Wildman–Crippen MR) is 103 cm³/mol. The number of carbonyl (C=O) groups is 2. The third-order valence-corrected chi connectivity index (χ3v) is 6.11. The number of pyridine rings is 1. The Hall–Kier alpha value is -2.29. The minimum absolute atomic E-state index is 0.0671. The number of hydrogen-bond acceptors (Lipinski definition) is 6. The van der Waals surface area contributed by atoms with Crippen LogP contribution in [0.2, 0.25) is 0 Å². The van der Waals surface area contributed by atoms with E-state index in [9.17, 15) is 9.59 Å². The maximum absolute atomic E-state index is 12.8. The van der Waals surface area contributed by atoms with Crippen LogP contribution >= 0.6 is 11.3 Å². The smallest absolute Gasteiger partial charge is 0.264 e. The van der Waals surface area contributed by atoms with Crippen LogP contribution in [0.3, 0.4) is 0 Å². The molecule has 2 aliphatic rings. The molecule has 4 rings (SSSR count). The van der Waals surface area contributed by atoms with E-state index in [-0.39, 0.29) is 23.9 Å². The average Bonchev–Trinajstić information content (AvgIpc) is 3.37. The lowest BCUT2D eigenvalue weighted by Crippen LogP contribution is -2.54. The minimum Gasteiger partial charge on any atom is -0.338 e. The Kier molecular flexibility index (Phi) is 5.20. The summed E-state index contributed by atoms with van der Waals surface area (Å²) in [4.78, 5) is 35.1. The predicted octanol–water partition coefficient (Wildman–Crippen LogP) is 1.34. The molecule has 2 unspecified atom stereocenters. The molecule has 0 aliphatic carbocycles. The van der Waals surface area contributed by atoms with Crippen LogP contribution in [0.1, 0.15) is 32.6 Å². The molecule has 2 fully saturated rings. The van der Waals surface area contributed by atoms with Crippen LogP contribution in [0, 0.1) is 6.92 Å². The van der Waals surface area contributed by atoms with Crippen LogP contribution in [0.4, 0.5) is 0 Å². The lowest BCUT2D eigenvalue weighted by molar-refractivity contribution is -0.134. The number of nitrogens with one attached hydrogen (secondary N) is 2. The molecule has 2 N–H and O–H groups in total. The van der Waals surface area contributed by atoms with Crippen molar-refractivity contribution in [1.29, 1.82) is 0 Å². The number of thiophene rings is 1. The first kappa shape index (κ1) is 18.1. The van der Waals surface area contributed by atoms with Crippen molar-refractivity contribution >= 4 is 23.2 Å². The van der Waals surface area contributed by atoms with Gasteiger partial charge in [0.2, 0.25) is 5.91 Å². The monoisotopic (exact) mass is 385 g/mol. The van der Waals surface area contributed by atoms with Gasteiger partial charge in [0, 0.05) is 49.5 Å². The fourth-order valence-electron chi connectivity index (χ4n) is 3.57. The van der Waals surface area contributed by atoms with E-state index in [4.69, 9.17) is 0 Å². The molecule has 2 aromatic heterocycles. The van der Waals surface area contributed by atoms with E-state index < -0.39 is 0 Å². The molecule has 27 heavy (non-hydrogen) atoms. The van der Waals surface area contributed by atoms with Crippen molar-refractivity contribution in [3.63, 3.8) is 0 Å². The Balaban J connectivity index is 1.31. The normalized spacial score (nSPS) is 22.9. The van der Waals surface area contributed by atoms with Crippen LogP contribution in [0.25, 0.3) is 0 Å². The fraction of sp³-hybridized carbons (Fsp3) is 0.421. The van der Waals surface area contributed by atoms with Gasteiger partial charge in [-0.25, -0.2) is 10.9 Å². The highest BCUT2D eigenvalue weighted by Crippen LogP contribution is 2.23. The van der Waals surface area contributed by atoms with Gasteiger partial charge in [-0.1, -0.05) is 6.07 Å². The maximum Gasteiger partial charge on any atom is 0.264 e. The number of carbonyl (C=O) groups excluding carboxylic acids is 2. The van der Waals surface area contributed by atoms with Gasteiger partial charge < -0.3 is 9.80 Å². The zero-order chi connectivity index (χ0) is 18.8. The molecule has 142 valence electrons. The molecule has 2 aromatic rings. The molecule has 2 amide bonds. The molecule has 2 aliphatic heterocycles. The molecule has 0 bridgehead atoms. The quantitative estimate of drug-likeness (QED) is 0.834. The summed E-state index contributed by atoms with van der Waals surface area (Å²) in [5, 5.41) is 0. The summed E-state index contributed by atoms with van der Waals surface area (Å²) in [5.41, 5.74) is 7.38. The molecular formula is C19H23N5O2S. The second-order valence-corrected chi connectivity index (χ2v) is 8.23. The highest BCUT2D eigenvalue weighted by Gasteiger charge is 2.34. The third kappa shape index (κ3) is 3.87. The molecule has 0 aromatic carbocycles. The lowest BCUT2D eigenvalue weighted by Gasteiger charge is -2.35. The largest absolute Gasteiger partial charge is 0.338 e. The standard InChI is InChI=1S/C19H23N5O2S/c1-13-4-5-17(27-13)19(26)24-9-7-23(8-10-24)18(25)16-11-15(21-22-16)14-3-2-6-20-12-14/h2-6,12,15-16,21-22H,7-11H2,1H3. The minimum atomic E-state index is -0.252. The SMILES string of the molecule is Cc1ccc(C(=O)N2CCN(C(=O)C3CC(c4cccnc4)NN3)CC2)s1. The zero-order valence-electron chi connectivity index (χ0n) is 15.2.